The summed E-state index contributed by atoms with van der Waals surface area (Å²) in [6.07, 6.45) is 2.64. The highest BCUT2D eigenvalue weighted by atomic mass is 16.6. The summed E-state index contributed by atoms with van der Waals surface area (Å²) in [5.41, 5.74) is -0.181. The molecule has 1 aromatic heterocycles. The maximum Gasteiger partial charge on any atom is 0.323 e. The third kappa shape index (κ3) is 2.47. The minimum Gasteiger partial charge on any atom is -0.480 e. The molecule has 1 fully saturated rings. The number of nitrogens with one attached hydrogen (secondary N) is 1. The quantitative estimate of drug-likeness (QED) is 0.589. The molecule has 0 atom stereocenters. The Morgan fingerprint density at radius 1 is 1.56 bits per heavy atom. The number of hydrogen-bond donors (Lipinski definition) is 2. The number of aromatic amines is 1. The molecule has 2 N–H and O–H groups in total. The number of H-pyrrole nitrogens is 1. The Bertz CT molecular complexity index is 505. The Morgan fingerprint density at radius 3 is 2.67 bits per heavy atom. The lowest BCUT2D eigenvalue weighted by atomic mass is 10.3. The second kappa shape index (κ2) is 4.47. The first-order valence-corrected chi connectivity index (χ1v) is 5.34. The van der Waals surface area contributed by atoms with Gasteiger partial charge in [-0.2, -0.15) is 0 Å². The average molecular weight is 253 g/mol. The zero-order valence-electron chi connectivity index (χ0n) is 9.33. The summed E-state index contributed by atoms with van der Waals surface area (Å²) in [5, 5.41) is 19.2. The van der Waals surface area contributed by atoms with Crippen molar-refractivity contribution in [2.45, 2.75) is 18.9 Å². The molecular formula is C10H11N3O5. The number of carboxylic acids is 1. The number of carbonyl (C=O) groups excluding carboxylic acids is 1. The molecule has 8 heteroatoms. The van der Waals surface area contributed by atoms with Crippen LogP contribution in [-0.4, -0.2) is 44.4 Å². The van der Waals surface area contributed by atoms with E-state index in [-0.39, 0.29) is 17.4 Å². The SMILES string of the molecule is O=C(O)CN(C(=O)c1cc([N+](=O)[O-])c[nH]1)C1CC1. The van der Waals surface area contributed by atoms with Crippen LogP contribution in [-0.2, 0) is 4.79 Å². The first-order chi connectivity index (χ1) is 8.49. The summed E-state index contributed by atoms with van der Waals surface area (Å²) >= 11 is 0. The van der Waals surface area contributed by atoms with Crippen molar-refractivity contribution in [3.8, 4) is 0 Å². The summed E-state index contributed by atoms with van der Waals surface area (Å²) < 4.78 is 0. The predicted octanol–water partition coefficient (Wildman–Crippen LogP) is 0.612. The molecule has 0 aromatic carbocycles. The predicted molar refractivity (Wildman–Crippen MR) is 59.1 cm³/mol. The number of carboxylic acid groups (broad SMARTS) is 1. The summed E-state index contributed by atoms with van der Waals surface area (Å²) in [7, 11) is 0. The van der Waals surface area contributed by atoms with Crippen LogP contribution in [0.25, 0.3) is 0 Å². The number of rotatable bonds is 5. The molecule has 0 spiro atoms. The van der Waals surface area contributed by atoms with E-state index in [9.17, 15) is 19.7 Å². The Kier molecular flexibility index (Phi) is 3.00. The molecule has 0 aliphatic heterocycles. The van der Waals surface area contributed by atoms with E-state index in [2.05, 4.69) is 4.98 Å². The Hall–Kier alpha value is -2.38. The van der Waals surface area contributed by atoms with Crippen LogP contribution < -0.4 is 0 Å². The van der Waals surface area contributed by atoms with Gasteiger partial charge in [0.25, 0.3) is 11.6 Å². The monoisotopic (exact) mass is 253 g/mol. The first kappa shape index (κ1) is 12.1. The third-order valence-corrected chi connectivity index (χ3v) is 2.66. The Balaban J connectivity index is 2.16. The number of nitrogens with zero attached hydrogens (tertiary/aromatic N) is 2. The molecule has 1 heterocycles. The van der Waals surface area contributed by atoms with E-state index < -0.39 is 23.3 Å². The fourth-order valence-electron chi connectivity index (χ4n) is 1.67. The van der Waals surface area contributed by atoms with E-state index >= 15 is 0 Å². The zero-order chi connectivity index (χ0) is 13.3. The highest BCUT2D eigenvalue weighted by Crippen LogP contribution is 2.28. The van der Waals surface area contributed by atoms with Crippen LogP contribution in [0, 0.1) is 10.1 Å². The lowest BCUT2D eigenvalue weighted by Crippen LogP contribution is -2.37. The fraction of sp³-hybridized carbons (Fsp3) is 0.400. The van der Waals surface area contributed by atoms with E-state index in [0.29, 0.717) is 0 Å². The van der Waals surface area contributed by atoms with E-state index in [4.69, 9.17) is 5.11 Å². The smallest absolute Gasteiger partial charge is 0.323 e. The van der Waals surface area contributed by atoms with Gasteiger partial charge in [-0.15, -0.1) is 0 Å². The van der Waals surface area contributed by atoms with Gasteiger partial charge in [-0.3, -0.25) is 19.7 Å². The van der Waals surface area contributed by atoms with E-state index in [0.717, 1.165) is 25.1 Å². The third-order valence-electron chi connectivity index (χ3n) is 2.66. The number of nitro groups is 1. The van der Waals surface area contributed by atoms with Crippen molar-refractivity contribution in [3.63, 3.8) is 0 Å². The van der Waals surface area contributed by atoms with Crippen LogP contribution in [0.15, 0.2) is 12.3 Å². The van der Waals surface area contributed by atoms with Crippen LogP contribution in [0.1, 0.15) is 23.3 Å². The Labute approximate surface area is 101 Å². The first-order valence-electron chi connectivity index (χ1n) is 5.34. The molecule has 18 heavy (non-hydrogen) atoms. The van der Waals surface area contributed by atoms with E-state index in [1.165, 1.54) is 4.90 Å². The maximum absolute atomic E-state index is 12.0. The molecule has 1 aromatic rings. The highest BCUT2D eigenvalue weighted by molar-refractivity contribution is 5.95. The molecule has 1 aliphatic rings. The molecular weight excluding hydrogens is 242 g/mol. The molecule has 1 saturated carbocycles. The van der Waals surface area contributed by atoms with Gasteiger partial charge in [0, 0.05) is 12.1 Å². The number of amides is 1. The van der Waals surface area contributed by atoms with Crippen molar-refractivity contribution in [1.82, 2.24) is 9.88 Å². The van der Waals surface area contributed by atoms with Gasteiger partial charge in [0.2, 0.25) is 0 Å². The Morgan fingerprint density at radius 2 is 2.22 bits per heavy atom. The molecule has 0 saturated heterocycles. The van der Waals surface area contributed by atoms with Gasteiger partial charge in [0.05, 0.1) is 11.1 Å². The van der Waals surface area contributed by atoms with Crippen LogP contribution in [0.3, 0.4) is 0 Å². The van der Waals surface area contributed by atoms with Gasteiger partial charge >= 0.3 is 5.97 Å². The number of hydrogen-bond acceptors (Lipinski definition) is 4. The van der Waals surface area contributed by atoms with Crippen molar-refractivity contribution < 1.29 is 19.6 Å². The number of aromatic nitrogens is 1. The average Bonchev–Trinajstić information content (AvgIpc) is 3.00. The molecule has 8 nitrogen and oxygen atoms in total. The van der Waals surface area contributed by atoms with Crippen molar-refractivity contribution in [3.05, 3.63) is 28.1 Å². The van der Waals surface area contributed by atoms with Gasteiger partial charge in [-0.25, -0.2) is 0 Å². The standard InChI is InChI=1S/C10H11N3O5/c14-9(15)5-12(6-1-2-6)10(16)8-3-7(4-11-8)13(17)18/h3-4,6,11H,1-2,5H2,(H,14,15). The minimum absolute atomic E-state index is 0.0369. The fourth-order valence-corrected chi connectivity index (χ4v) is 1.67. The number of carbonyl (C=O) groups is 2. The zero-order valence-corrected chi connectivity index (χ0v) is 9.33. The minimum atomic E-state index is -1.10. The summed E-state index contributed by atoms with van der Waals surface area (Å²) in [4.78, 5) is 36.3. The lowest BCUT2D eigenvalue weighted by Gasteiger charge is -2.18. The van der Waals surface area contributed by atoms with Crippen LogP contribution in [0.5, 0.6) is 0 Å². The lowest BCUT2D eigenvalue weighted by molar-refractivity contribution is -0.384. The van der Waals surface area contributed by atoms with Crippen LogP contribution in [0.2, 0.25) is 0 Å². The molecule has 0 bridgehead atoms. The van der Waals surface area contributed by atoms with Gasteiger partial charge in [-0.05, 0) is 12.8 Å². The summed E-state index contributed by atoms with van der Waals surface area (Å²) in [6.45, 7) is -0.393. The second-order valence-corrected chi connectivity index (χ2v) is 4.09. The highest BCUT2D eigenvalue weighted by Gasteiger charge is 2.35. The van der Waals surface area contributed by atoms with Gasteiger partial charge < -0.3 is 15.0 Å². The van der Waals surface area contributed by atoms with Crippen molar-refractivity contribution in [1.29, 1.82) is 0 Å². The normalized spacial score (nSPS) is 14.2. The van der Waals surface area contributed by atoms with Gasteiger partial charge in [-0.1, -0.05) is 0 Å². The molecule has 1 aliphatic carbocycles. The summed E-state index contributed by atoms with van der Waals surface area (Å²) in [5.74, 6) is -1.62. The molecule has 96 valence electrons. The second-order valence-electron chi connectivity index (χ2n) is 4.09. The van der Waals surface area contributed by atoms with E-state index in [1.807, 2.05) is 0 Å². The molecule has 2 rings (SSSR count). The van der Waals surface area contributed by atoms with E-state index in [1.54, 1.807) is 0 Å². The van der Waals surface area contributed by atoms with Crippen molar-refractivity contribution in [2.75, 3.05) is 6.54 Å². The van der Waals surface area contributed by atoms with Gasteiger partial charge in [0.15, 0.2) is 0 Å². The molecule has 0 unspecified atom stereocenters. The van der Waals surface area contributed by atoms with Gasteiger partial charge in [0.1, 0.15) is 12.2 Å². The molecule has 1 amide bonds. The van der Waals surface area contributed by atoms with Crippen molar-refractivity contribution >= 4 is 17.6 Å². The number of aliphatic carboxylic acids is 1. The maximum atomic E-state index is 12.0. The van der Waals surface area contributed by atoms with Crippen LogP contribution >= 0.6 is 0 Å². The summed E-state index contributed by atoms with van der Waals surface area (Å²) in [6, 6.07) is 1.04. The van der Waals surface area contributed by atoms with Crippen molar-refractivity contribution in [2.24, 2.45) is 0 Å². The molecule has 0 radical (unpaired) electrons. The van der Waals surface area contributed by atoms with Crippen LogP contribution in [0.4, 0.5) is 5.69 Å². The largest absolute Gasteiger partial charge is 0.480 e. The topological polar surface area (TPSA) is 117 Å².